The number of hydrogen-bond donors (Lipinski definition) is 2. The molecule has 0 saturated carbocycles. The Morgan fingerprint density at radius 2 is 2.10 bits per heavy atom. The third-order valence-electron chi connectivity index (χ3n) is 2.78. The molecule has 108 valence electrons. The molecule has 2 rings (SSSR count). The van der Waals surface area contributed by atoms with Crippen molar-refractivity contribution in [2.24, 2.45) is 0 Å². The zero-order valence-electron chi connectivity index (χ0n) is 12.2. The zero-order valence-corrected chi connectivity index (χ0v) is 12.2. The molecule has 0 aliphatic carbocycles. The second kappa shape index (κ2) is 6.91. The van der Waals surface area contributed by atoms with Crippen molar-refractivity contribution < 1.29 is 4.42 Å². The predicted octanol–water partition coefficient (Wildman–Crippen LogP) is 2.38. The standard InChI is InChI=1S/C14H21N5O/c1-4-8-15-10-13-17-18-14(20-13)16-11-6-5-7-12(9-11)19(2)3/h5-7,9,15H,4,8,10H2,1-3H3,(H,16,18). The van der Waals surface area contributed by atoms with Gasteiger partial charge in [-0.05, 0) is 31.2 Å². The molecule has 1 aromatic carbocycles. The fourth-order valence-electron chi connectivity index (χ4n) is 1.73. The third-order valence-corrected chi connectivity index (χ3v) is 2.78. The first kappa shape index (κ1) is 14.3. The van der Waals surface area contributed by atoms with E-state index >= 15 is 0 Å². The van der Waals surface area contributed by atoms with Gasteiger partial charge in [0.1, 0.15) is 0 Å². The van der Waals surface area contributed by atoms with E-state index in [-0.39, 0.29) is 0 Å². The molecule has 0 fully saturated rings. The first-order chi connectivity index (χ1) is 9.69. The molecule has 0 unspecified atom stereocenters. The van der Waals surface area contributed by atoms with Crippen LogP contribution in [0.5, 0.6) is 0 Å². The van der Waals surface area contributed by atoms with E-state index in [0.717, 1.165) is 24.3 Å². The summed E-state index contributed by atoms with van der Waals surface area (Å²) in [7, 11) is 4.01. The Labute approximate surface area is 119 Å². The van der Waals surface area contributed by atoms with Crippen LogP contribution in [0, 0.1) is 0 Å². The molecule has 2 N–H and O–H groups in total. The molecular weight excluding hydrogens is 254 g/mol. The molecular formula is C14H21N5O. The van der Waals surface area contributed by atoms with Gasteiger partial charge in [-0.25, -0.2) is 0 Å². The van der Waals surface area contributed by atoms with Gasteiger partial charge in [0.2, 0.25) is 5.89 Å². The van der Waals surface area contributed by atoms with E-state index in [1.807, 2.05) is 43.3 Å². The van der Waals surface area contributed by atoms with Crippen LogP contribution >= 0.6 is 0 Å². The van der Waals surface area contributed by atoms with Crippen LogP contribution in [0.25, 0.3) is 0 Å². The lowest BCUT2D eigenvalue weighted by Gasteiger charge is -2.13. The Morgan fingerprint density at radius 3 is 2.85 bits per heavy atom. The Kier molecular flexibility index (Phi) is 4.95. The first-order valence-corrected chi connectivity index (χ1v) is 6.76. The Hall–Kier alpha value is -2.08. The van der Waals surface area contributed by atoms with E-state index in [4.69, 9.17) is 4.42 Å². The second-order valence-corrected chi connectivity index (χ2v) is 4.75. The number of nitrogens with one attached hydrogen (secondary N) is 2. The normalized spacial score (nSPS) is 10.6. The lowest BCUT2D eigenvalue weighted by molar-refractivity contribution is 0.479. The van der Waals surface area contributed by atoms with Crippen molar-refractivity contribution >= 4 is 17.4 Å². The number of hydrogen-bond acceptors (Lipinski definition) is 6. The summed E-state index contributed by atoms with van der Waals surface area (Å²) in [4.78, 5) is 2.04. The van der Waals surface area contributed by atoms with Crippen LogP contribution in [0.15, 0.2) is 28.7 Å². The highest BCUT2D eigenvalue weighted by Gasteiger charge is 2.06. The summed E-state index contributed by atoms with van der Waals surface area (Å²) in [5.74, 6) is 0.588. The van der Waals surface area contributed by atoms with Crippen LogP contribution in [0.2, 0.25) is 0 Å². The summed E-state index contributed by atoms with van der Waals surface area (Å²) in [5, 5.41) is 14.3. The minimum atomic E-state index is 0.411. The fraction of sp³-hybridized carbons (Fsp3) is 0.429. The Balaban J connectivity index is 1.97. The summed E-state index contributed by atoms with van der Waals surface area (Å²) in [6, 6.07) is 8.43. The highest BCUT2D eigenvalue weighted by molar-refractivity contribution is 5.60. The number of aromatic nitrogens is 2. The van der Waals surface area contributed by atoms with Crippen LogP contribution in [-0.2, 0) is 6.54 Å². The zero-order chi connectivity index (χ0) is 14.4. The van der Waals surface area contributed by atoms with Crippen LogP contribution in [-0.4, -0.2) is 30.8 Å². The van der Waals surface area contributed by atoms with Gasteiger partial charge in [-0.1, -0.05) is 18.1 Å². The Bertz CT molecular complexity index is 538. The van der Waals surface area contributed by atoms with Gasteiger partial charge in [0.25, 0.3) is 0 Å². The van der Waals surface area contributed by atoms with Crippen LogP contribution in [0.4, 0.5) is 17.4 Å². The van der Waals surface area contributed by atoms with Gasteiger partial charge in [0, 0.05) is 25.5 Å². The summed E-state index contributed by atoms with van der Waals surface area (Å²) < 4.78 is 5.53. The molecule has 0 atom stereocenters. The third kappa shape index (κ3) is 3.96. The van der Waals surface area contributed by atoms with Gasteiger partial charge in [0.05, 0.1) is 6.54 Å². The largest absolute Gasteiger partial charge is 0.406 e. The maximum atomic E-state index is 5.53. The summed E-state index contributed by atoms with van der Waals surface area (Å²) >= 11 is 0. The molecule has 6 heteroatoms. The van der Waals surface area contributed by atoms with Crippen LogP contribution < -0.4 is 15.5 Å². The second-order valence-electron chi connectivity index (χ2n) is 4.75. The monoisotopic (exact) mass is 275 g/mol. The SMILES string of the molecule is CCCNCc1nnc(Nc2cccc(N(C)C)c2)o1. The van der Waals surface area contributed by atoms with Crippen molar-refractivity contribution in [1.82, 2.24) is 15.5 Å². The predicted molar refractivity (Wildman–Crippen MR) is 80.3 cm³/mol. The Morgan fingerprint density at radius 1 is 1.25 bits per heavy atom. The van der Waals surface area contributed by atoms with E-state index in [1.165, 1.54) is 0 Å². The van der Waals surface area contributed by atoms with E-state index < -0.39 is 0 Å². The molecule has 0 spiro atoms. The number of benzene rings is 1. The molecule has 0 amide bonds. The number of nitrogens with zero attached hydrogens (tertiary/aromatic N) is 3. The van der Waals surface area contributed by atoms with Gasteiger partial charge in [0.15, 0.2) is 0 Å². The summed E-state index contributed by atoms with van der Waals surface area (Å²) in [6.45, 7) is 3.65. The molecule has 0 saturated heterocycles. The minimum absolute atomic E-state index is 0.411. The first-order valence-electron chi connectivity index (χ1n) is 6.76. The van der Waals surface area contributed by atoms with Crippen molar-refractivity contribution in [3.63, 3.8) is 0 Å². The average Bonchev–Trinajstić information content (AvgIpc) is 2.87. The quantitative estimate of drug-likeness (QED) is 0.756. The van der Waals surface area contributed by atoms with E-state index in [1.54, 1.807) is 0 Å². The lowest BCUT2D eigenvalue weighted by atomic mass is 10.2. The van der Waals surface area contributed by atoms with E-state index in [2.05, 4.69) is 27.8 Å². The molecule has 0 aliphatic heterocycles. The van der Waals surface area contributed by atoms with Gasteiger partial charge in [-0.15, -0.1) is 5.10 Å². The molecule has 0 radical (unpaired) electrons. The summed E-state index contributed by atoms with van der Waals surface area (Å²) in [5.41, 5.74) is 2.03. The van der Waals surface area contributed by atoms with Crippen molar-refractivity contribution in [1.29, 1.82) is 0 Å². The highest BCUT2D eigenvalue weighted by Crippen LogP contribution is 2.20. The number of anilines is 3. The molecule has 0 bridgehead atoms. The number of rotatable bonds is 7. The highest BCUT2D eigenvalue weighted by atomic mass is 16.4. The van der Waals surface area contributed by atoms with Gasteiger partial charge in [-0.2, -0.15) is 0 Å². The van der Waals surface area contributed by atoms with E-state index in [9.17, 15) is 0 Å². The van der Waals surface area contributed by atoms with E-state index in [0.29, 0.717) is 18.5 Å². The van der Waals surface area contributed by atoms with Crippen LogP contribution in [0.3, 0.4) is 0 Å². The molecule has 2 aromatic rings. The minimum Gasteiger partial charge on any atom is -0.406 e. The van der Waals surface area contributed by atoms with Crippen LogP contribution in [0.1, 0.15) is 19.2 Å². The van der Waals surface area contributed by atoms with Crippen molar-refractivity contribution in [2.75, 3.05) is 30.9 Å². The molecule has 20 heavy (non-hydrogen) atoms. The van der Waals surface area contributed by atoms with Crippen molar-refractivity contribution in [3.05, 3.63) is 30.2 Å². The molecule has 1 aromatic heterocycles. The van der Waals surface area contributed by atoms with Crippen molar-refractivity contribution in [2.45, 2.75) is 19.9 Å². The average molecular weight is 275 g/mol. The maximum absolute atomic E-state index is 5.53. The van der Waals surface area contributed by atoms with Gasteiger partial charge < -0.3 is 20.0 Å². The summed E-state index contributed by atoms with van der Waals surface area (Å²) in [6.07, 6.45) is 1.08. The fourth-order valence-corrected chi connectivity index (χ4v) is 1.73. The molecule has 0 aliphatic rings. The van der Waals surface area contributed by atoms with Crippen molar-refractivity contribution in [3.8, 4) is 0 Å². The van der Waals surface area contributed by atoms with Gasteiger partial charge >= 0.3 is 6.01 Å². The molecule has 6 nitrogen and oxygen atoms in total. The smallest absolute Gasteiger partial charge is 0.320 e. The van der Waals surface area contributed by atoms with Gasteiger partial charge in [-0.3, -0.25) is 0 Å². The maximum Gasteiger partial charge on any atom is 0.320 e. The topological polar surface area (TPSA) is 66.2 Å². The molecule has 1 heterocycles. The lowest BCUT2D eigenvalue weighted by Crippen LogP contribution is -2.13.